The van der Waals surface area contributed by atoms with E-state index in [-0.39, 0.29) is 11.7 Å². The number of amides is 1. The SMILES string of the molecule is O=C(/C=C/c1cccc(F)c1)N1CCc2[nH]c3ccccc3c2C1. The van der Waals surface area contributed by atoms with Crippen LogP contribution in [0.25, 0.3) is 17.0 Å². The van der Waals surface area contributed by atoms with E-state index in [1.54, 1.807) is 18.2 Å². The Morgan fingerprint density at radius 2 is 2.04 bits per heavy atom. The normalized spacial score (nSPS) is 14.3. The highest BCUT2D eigenvalue weighted by atomic mass is 19.1. The minimum Gasteiger partial charge on any atom is -0.358 e. The molecule has 120 valence electrons. The van der Waals surface area contributed by atoms with E-state index < -0.39 is 0 Å². The average molecular weight is 320 g/mol. The van der Waals surface area contributed by atoms with E-state index in [1.165, 1.54) is 34.9 Å². The van der Waals surface area contributed by atoms with Crippen LogP contribution in [0, 0.1) is 5.82 Å². The Balaban J connectivity index is 1.54. The molecule has 0 unspecified atom stereocenters. The summed E-state index contributed by atoms with van der Waals surface area (Å²) < 4.78 is 13.2. The van der Waals surface area contributed by atoms with Crippen LogP contribution < -0.4 is 0 Å². The van der Waals surface area contributed by atoms with Gasteiger partial charge in [0.25, 0.3) is 0 Å². The molecule has 0 radical (unpaired) electrons. The van der Waals surface area contributed by atoms with Crippen LogP contribution in [0.15, 0.2) is 54.6 Å². The van der Waals surface area contributed by atoms with Crippen LogP contribution >= 0.6 is 0 Å². The maximum Gasteiger partial charge on any atom is 0.246 e. The van der Waals surface area contributed by atoms with E-state index in [0.717, 1.165) is 11.9 Å². The summed E-state index contributed by atoms with van der Waals surface area (Å²) in [6, 6.07) is 14.4. The van der Waals surface area contributed by atoms with Crippen LogP contribution in [0.5, 0.6) is 0 Å². The Morgan fingerprint density at radius 3 is 2.92 bits per heavy atom. The second-order valence-electron chi connectivity index (χ2n) is 6.03. The Kier molecular flexibility index (Phi) is 3.65. The van der Waals surface area contributed by atoms with Crippen LogP contribution in [0.4, 0.5) is 4.39 Å². The molecule has 3 aromatic rings. The summed E-state index contributed by atoms with van der Waals surface area (Å²) >= 11 is 0. The number of nitrogens with one attached hydrogen (secondary N) is 1. The summed E-state index contributed by atoms with van der Waals surface area (Å²) in [6.07, 6.45) is 4.01. The predicted octanol–water partition coefficient (Wildman–Crippen LogP) is 3.91. The lowest BCUT2D eigenvalue weighted by Gasteiger charge is -2.26. The Morgan fingerprint density at radius 1 is 1.17 bits per heavy atom. The van der Waals surface area contributed by atoms with E-state index in [2.05, 4.69) is 17.1 Å². The quantitative estimate of drug-likeness (QED) is 0.714. The molecule has 0 fully saturated rings. The molecule has 0 saturated carbocycles. The van der Waals surface area contributed by atoms with Crippen LogP contribution in [-0.4, -0.2) is 22.3 Å². The maximum atomic E-state index is 13.2. The highest BCUT2D eigenvalue weighted by Crippen LogP contribution is 2.27. The molecule has 0 spiro atoms. The largest absolute Gasteiger partial charge is 0.358 e. The summed E-state index contributed by atoms with van der Waals surface area (Å²) in [5.74, 6) is -0.346. The Labute approximate surface area is 139 Å². The lowest BCUT2D eigenvalue weighted by molar-refractivity contribution is -0.126. The summed E-state index contributed by atoms with van der Waals surface area (Å²) in [6.45, 7) is 1.29. The van der Waals surface area contributed by atoms with Crippen LogP contribution in [-0.2, 0) is 17.8 Å². The van der Waals surface area contributed by atoms with Gasteiger partial charge in [0.05, 0.1) is 0 Å². The van der Waals surface area contributed by atoms with E-state index in [0.29, 0.717) is 18.7 Å². The molecule has 1 N–H and O–H groups in total. The van der Waals surface area contributed by atoms with Gasteiger partial charge in [-0.1, -0.05) is 30.3 Å². The molecular formula is C20H17FN2O. The van der Waals surface area contributed by atoms with Gasteiger partial charge >= 0.3 is 0 Å². The summed E-state index contributed by atoms with van der Waals surface area (Å²) in [4.78, 5) is 17.7. The molecule has 1 aliphatic rings. The zero-order valence-electron chi connectivity index (χ0n) is 13.1. The number of carbonyl (C=O) groups is 1. The van der Waals surface area contributed by atoms with Gasteiger partial charge in [-0.3, -0.25) is 4.79 Å². The molecule has 0 aliphatic carbocycles. The molecule has 4 heteroatoms. The number of aromatic amines is 1. The molecule has 2 aromatic carbocycles. The third kappa shape index (κ3) is 2.71. The van der Waals surface area contributed by atoms with Crippen molar-refractivity contribution in [1.29, 1.82) is 0 Å². The van der Waals surface area contributed by atoms with E-state index in [4.69, 9.17) is 0 Å². The van der Waals surface area contributed by atoms with Gasteiger partial charge in [0.15, 0.2) is 0 Å². The van der Waals surface area contributed by atoms with Gasteiger partial charge in [0.1, 0.15) is 5.82 Å². The smallest absolute Gasteiger partial charge is 0.246 e. The van der Waals surface area contributed by atoms with Gasteiger partial charge in [-0.2, -0.15) is 0 Å². The van der Waals surface area contributed by atoms with Crippen LogP contribution in [0.1, 0.15) is 16.8 Å². The van der Waals surface area contributed by atoms with Crippen LogP contribution in [0.3, 0.4) is 0 Å². The minimum atomic E-state index is -0.300. The van der Waals surface area contributed by atoms with Crippen molar-refractivity contribution in [3.8, 4) is 0 Å². The summed E-state index contributed by atoms with van der Waals surface area (Å²) in [5, 5.41) is 1.18. The number of rotatable bonds is 2. The van der Waals surface area contributed by atoms with Crippen molar-refractivity contribution < 1.29 is 9.18 Å². The first-order chi connectivity index (χ1) is 11.7. The number of halogens is 1. The van der Waals surface area contributed by atoms with Crippen molar-refractivity contribution in [2.24, 2.45) is 0 Å². The molecule has 0 atom stereocenters. The molecule has 4 rings (SSSR count). The second-order valence-corrected chi connectivity index (χ2v) is 6.03. The number of fused-ring (bicyclic) bond motifs is 3. The number of benzene rings is 2. The lowest BCUT2D eigenvalue weighted by atomic mass is 10.0. The molecule has 0 bridgehead atoms. The predicted molar refractivity (Wildman–Crippen MR) is 92.9 cm³/mol. The minimum absolute atomic E-state index is 0.0461. The molecule has 1 amide bonds. The van der Waals surface area contributed by atoms with E-state index >= 15 is 0 Å². The number of carbonyl (C=O) groups excluding carboxylic acids is 1. The van der Waals surface area contributed by atoms with Gasteiger partial charge in [0, 0.05) is 47.7 Å². The lowest BCUT2D eigenvalue weighted by Crippen LogP contribution is -2.34. The van der Waals surface area contributed by atoms with E-state index in [9.17, 15) is 9.18 Å². The summed E-state index contributed by atoms with van der Waals surface area (Å²) in [7, 11) is 0. The van der Waals surface area contributed by atoms with Crippen molar-refractivity contribution in [1.82, 2.24) is 9.88 Å². The van der Waals surface area contributed by atoms with Gasteiger partial charge < -0.3 is 9.88 Å². The highest BCUT2D eigenvalue weighted by Gasteiger charge is 2.22. The number of hydrogen-bond donors (Lipinski definition) is 1. The fraction of sp³-hybridized carbons (Fsp3) is 0.150. The van der Waals surface area contributed by atoms with Crippen molar-refractivity contribution in [3.05, 3.63) is 77.2 Å². The molecule has 1 aliphatic heterocycles. The van der Waals surface area contributed by atoms with Crippen molar-refractivity contribution in [2.75, 3.05) is 6.54 Å². The third-order valence-electron chi connectivity index (χ3n) is 4.46. The highest BCUT2D eigenvalue weighted by molar-refractivity contribution is 5.93. The van der Waals surface area contributed by atoms with Crippen LogP contribution in [0.2, 0.25) is 0 Å². The number of aromatic nitrogens is 1. The molecule has 24 heavy (non-hydrogen) atoms. The number of para-hydroxylation sites is 1. The maximum absolute atomic E-state index is 13.2. The number of H-pyrrole nitrogens is 1. The first-order valence-corrected chi connectivity index (χ1v) is 8.02. The Hall–Kier alpha value is -2.88. The average Bonchev–Trinajstić information content (AvgIpc) is 2.97. The molecular weight excluding hydrogens is 303 g/mol. The van der Waals surface area contributed by atoms with Gasteiger partial charge in [-0.05, 0) is 29.8 Å². The van der Waals surface area contributed by atoms with Crippen molar-refractivity contribution in [2.45, 2.75) is 13.0 Å². The monoisotopic (exact) mass is 320 g/mol. The first-order valence-electron chi connectivity index (χ1n) is 8.02. The van der Waals surface area contributed by atoms with Gasteiger partial charge in [0.2, 0.25) is 5.91 Å². The zero-order chi connectivity index (χ0) is 16.5. The first kappa shape index (κ1) is 14.7. The number of nitrogens with zero attached hydrogens (tertiary/aromatic N) is 1. The zero-order valence-corrected chi connectivity index (χ0v) is 13.1. The number of hydrogen-bond acceptors (Lipinski definition) is 1. The van der Waals surface area contributed by atoms with Gasteiger partial charge in [-0.15, -0.1) is 0 Å². The van der Waals surface area contributed by atoms with Crippen molar-refractivity contribution in [3.63, 3.8) is 0 Å². The molecule has 1 aromatic heterocycles. The molecule has 0 saturated heterocycles. The van der Waals surface area contributed by atoms with E-state index in [1.807, 2.05) is 17.0 Å². The molecule has 2 heterocycles. The van der Waals surface area contributed by atoms with Gasteiger partial charge in [-0.25, -0.2) is 4.39 Å². The molecule has 3 nitrogen and oxygen atoms in total. The second kappa shape index (κ2) is 5.96. The summed E-state index contributed by atoms with van der Waals surface area (Å²) in [5.41, 5.74) is 4.22. The third-order valence-corrected chi connectivity index (χ3v) is 4.46. The topological polar surface area (TPSA) is 36.1 Å². The van der Waals surface area contributed by atoms with Crippen molar-refractivity contribution >= 4 is 22.9 Å². The fourth-order valence-electron chi connectivity index (χ4n) is 3.24. The Bertz CT molecular complexity index is 942. The standard InChI is InChI=1S/C20H17FN2O/c21-15-5-3-4-14(12-15)8-9-20(24)23-11-10-19-17(13-23)16-6-1-2-7-18(16)22-19/h1-9,12,22H,10-11,13H2/b9-8+. The fourth-order valence-corrected chi connectivity index (χ4v) is 3.24.